The predicted octanol–water partition coefficient (Wildman–Crippen LogP) is 1.75. The Kier molecular flexibility index (Phi) is 4.72. The van der Waals surface area contributed by atoms with E-state index in [2.05, 4.69) is 34.2 Å². The summed E-state index contributed by atoms with van der Waals surface area (Å²) in [7, 11) is 3.25. The normalized spacial score (nSPS) is 13.9. The molecule has 0 saturated heterocycles. The number of methoxy groups -OCH3 is 1. The smallest absolute Gasteiger partial charge is 0.307 e. The van der Waals surface area contributed by atoms with Crippen LogP contribution >= 0.6 is 0 Å². The zero-order valence-electron chi connectivity index (χ0n) is 12.8. The lowest BCUT2D eigenvalue weighted by Gasteiger charge is -2.24. The summed E-state index contributed by atoms with van der Waals surface area (Å²) in [6.07, 6.45) is 4.45. The zero-order chi connectivity index (χ0) is 15.4. The number of fused-ring (bicyclic) bond motifs is 1. The third-order valence-electron chi connectivity index (χ3n) is 3.79. The maximum atomic E-state index is 11.6. The molecule has 2 heterocycles. The van der Waals surface area contributed by atoms with Gasteiger partial charge in [0, 0.05) is 13.1 Å². The van der Waals surface area contributed by atoms with Crippen molar-refractivity contribution in [3.05, 3.63) is 12.5 Å². The summed E-state index contributed by atoms with van der Waals surface area (Å²) in [5, 5.41) is 7.54. The van der Waals surface area contributed by atoms with Crippen molar-refractivity contribution in [3.63, 3.8) is 0 Å². The van der Waals surface area contributed by atoms with Crippen LogP contribution in [0.5, 0.6) is 0 Å². The Balaban J connectivity index is 2.29. The van der Waals surface area contributed by atoms with Crippen LogP contribution in [-0.2, 0) is 16.6 Å². The molecule has 7 nitrogen and oxygen atoms in total. The van der Waals surface area contributed by atoms with Gasteiger partial charge in [-0.1, -0.05) is 20.3 Å². The van der Waals surface area contributed by atoms with Gasteiger partial charge < -0.3 is 10.1 Å². The molecule has 0 radical (unpaired) electrons. The number of carbonyl (C=O) groups is 1. The second-order valence-electron chi connectivity index (χ2n) is 5.14. The third-order valence-corrected chi connectivity index (χ3v) is 3.79. The fourth-order valence-corrected chi connectivity index (χ4v) is 2.23. The maximum Gasteiger partial charge on any atom is 0.307 e. The molecule has 0 amide bonds. The van der Waals surface area contributed by atoms with Crippen LogP contribution < -0.4 is 5.32 Å². The average molecular weight is 291 g/mol. The largest absolute Gasteiger partial charge is 0.469 e. The van der Waals surface area contributed by atoms with Crippen LogP contribution in [0.1, 0.15) is 26.7 Å². The highest BCUT2D eigenvalue weighted by atomic mass is 16.5. The second-order valence-corrected chi connectivity index (χ2v) is 5.14. The third kappa shape index (κ3) is 3.29. The summed E-state index contributed by atoms with van der Waals surface area (Å²) in [6, 6.07) is -0.0459. The van der Waals surface area contributed by atoms with Crippen LogP contribution in [0.3, 0.4) is 0 Å². The van der Waals surface area contributed by atoms with Crippen molar-refractivity contribution < 1.29 is 9.53 Å². The molecule has 0 bridgehead atoms. The molecule has 0 aliphatic heterocycles. The van der Waals surface area contributed by atoms with Crippen LogP contribution in [-0.4, -0.2) is 38.9 Å². The number of hydrogen-bond acceptors (Lipinski definition) is 6. The van der Waals surface area contributed by atoms with Gasteiger partial charge in [-0.3, -0.25) is 9.48 Å². The van der Waals surface area contributed by atoms with E-state index in [1.165, 1.54) is 13.4 Å². The number of aromatic nitrogens is 4. The number of nitrogens with zero attached hydrogens (tertiary/aromatic N) is 4. The van der Waals surface area contributed by atoms with Crippen molar-refractivity contribution in [1.82, 2.24) is 19.7 Å². The minimum Gasteiger partial charge on any atom is -0.469 e. The average Bonchev–Trinajstić information content (AvgIpc) is 2.88. The summed E-state index contributed by atoms with van der Waals surface area (Å²) < 4.78 is 6.51. The first kappa shape index (κ1) is 15.2. The van der Waals surface area contributed by atoms with Crippen molar-refractivity contribution in [1.29, 1.82) is 0 Å². The van der Waals surface area contributed by atoms with E-state index in [0.29, 0.717) is 18.2 Å². The quantitative estimate of drug-likeness (QED) is 0.817. The number of nitrogens with one attached hydrogen (secondary N) is 1. The SMILES string of the molecule is CC[C@H](C)[C@@H](CC(=O)OC)Nc1ncnc2cnn(C)c12. The molecule has 7 heteroatoms. The van der Waals surface area contributed by atoms with E-state index in [0.717, 1.165) is 17.5 Å². The molecule has 0 aromatic carbocycles. The Hall–Kier alpha value is -2.18. The molecule has 21 heavy (non-hydrogen) atoms. The van der Waals surface area contributed by atoms with Crippen LogP contribution in [0.4, 0.5) is 5.82 Å². The van der Waals surface area contributed by atoms with Crippen molar-refractivity contribution in [2.75, 3.05) is 12.4 Å². The predicted molar refractivity (Wildman–Crippen MR) is 79.8 cm³/mol. The number of hydrogen-bond donors (Lipinski definition) is 1. The molecule has 0 saturated carbocycles. The van der Waals surface area contributed by atoms with E-state index in [1.54, 1.807) is 10.9 Å². The fourth-order valence-electron chi connectivity index (χ4n) is 2.23. The Morgan fingerprint density at radius 3 is 2.90 bits per heavy atom. The molecule has 0 spiro atoms. The molecule has 1 N–H and O–H groups in total. The maximum absolute atomic E-state index is 11.6. The standard InChI is InChI=1S/C14H21N5O2/c1-5-9(2)10(6-12(20)21-4)18-14-13-11(15-8-16-14)7-17-19(13)3/h7-10H,5-6H2,1-4H3,(H,15,16,18)/t9-,10+/m0/s1. The summed E-state index contributed by atoms with van der Waals surface area (Å²) in [5.41, 5.74) is 1.60. The first-order valence-electron chi connectivity index (χ1n) is 7.02. The van der Waals surface area contributed by atoms with Crippen LogP contribution in [0.15, 0.2) is 12.5 Å². The summed E-state index contributed by atoms with van der Waals surface area (Å²) in [4.78, 5) is 20.1. The summed E-state index contributed by atoms with van der Waals surface area (Å²) in [6.45, 7) is 4.19. The lowest BCUT2D eigenvalue weighted by atomic mass is 9.96. The van der Waals surface area contributed by atoms with Gasteiger partial charge in [0.15, 0.2) is 5.82 Å². The van der Waals surface area contributed by atoms with Gasteiger partial charge in [-0.2, -0.15) is 5.10 Å². The van der Waals surface area contributed by atoms with Crippen molar-refractivity contribution in [2.24, 2.45) is 13.0 Å². The number of esters is 1. The van der Waals surface area contributed by atoms with Crippen LogP contribution in [0, 0.1) is 5.92 Å². The molecule has 2 rings (SSSR count). The number of carbonyl (C=O) groups excluding carboxylic acids is 1. The van der Waals surface area contributed by atoms with E-state index in [1.807, 2.05) is 7.05 Å². The first-order chi connectivity index (χ1) is 10.1. The Labute approximate surface area is 123 Å². The fraction of sp³-hybridized carbons (Fsp3) is 0.571. The molecule has 0 fully saturated rings. The molecule has 114 valence electrons. The van der Waals surface area contributed by atoms with Gasteiger partial charge in [0.05, 0.1) is 19.7 Å². The summed E-state index contributed by atoms with van der Waals surface area (Å²) in [5.74, 6) is 0.764. The molecule has 2 aromatic heterocycles. The molecular weight excluding hydrogens is 270 g/mol. The van der Waals surface area contributed by atoms with Crippen molar-refractivity contribution in [3.8, 4) is 0 Å². The number of anilines is 1. The molecule has 0 unspecified atom stereocenters. The van der Waals surface area contributed by atoms with E-state index < -0.39 is 0 Å². The van der Waals surface area contributed by atoms with Crippen molar-refractivity contribution >= 4 is 22.8 Å². The number of rotatable bonds is 6. The molecular formula is C14H21N5O2. The minimum atomic E-state index is -0.233. The van der Waals surface area contributed by atoms with E-state index in [-0.39, 0.29) is 12.0 Å². The van der Waals surface area contributed by atoms with Gasteiger partial charge in [-0.15, -0.1) is 0 Å². The summed E-state index contributed by atoms with van der Waals surface area (Å²) >= 11 is 0. The van der Waals surface area contributed by atoms with Crippen molar-refractivity contribution in [2.45, 2.75) is 32.7 Å². The molecule has 0 aliphatic rings. The lowest BCUT2D eigenvalue weighted by molar-refractivity contribution is -0.141. The Morgan fingerprint density at radius 2 is 2.24 bits per heavy atom. The highest BCUT2D eigenvalue weighted by molar-refractivity contribution is 5.85. The van der Waals surface area contributed by atoms with Gasteiger partial charge in [0.1, 0.15) is 17.4 Å². The second kappa shape index (κ2) is 6.51. The van der Waals surface area contributed by atoms with Gasteiger partial charge in [-0.05, 0) is 5.92 Å². The lowest BCUT2D eigenvalue weighted by Crippen LogP contribution is -2.31. The minimum absolute atomic E-state index is 0.0459. The number of ether oxygens (including phenoxy) is 1. The van der Waals surface area contributed by atoms with E-state index >= 15 is 0 Å². The Bertz CT molecular complexity index is 625. The molecule has 0 aliphatic carbocycles. The molecule has 2 atom stereocenters. The number of aryl methyl sites for hydroxylation is 1. The molecule has 2 aromatic rings. The van der Waals surface area contributed by atoms with Crippen LogP contribution in [0.2, 0.25) is 0 Å². The highest BCUT2D eigenvalue weighted by Gasteiger charge is 2.22. The Morgan fingerprint density at radius 1 is 1.48 bits per heavy atom. The van der Waals surface area contributed by atoms with E-state index in [9.17, 15) is 4.79 Å². The van der Waals surface area contributed by atoms with Crippen LogP contribution in [0.25, 0.3) is 11.0 Å². The van der Waals surface area contributed by atoms with Gasteiger partial charge in [0.2, 0.25) is 0 Å². The zero-order valence-corrected chi connectivity index (χ0v) is 12.8. The van der Waals surface area contributed by atoms with Gasteiger partial charge >= 0.3 is 5.97 Å². The highest BCUT2D eigenvalue weighted by Crippen LogP contribution is 2.22. The van der Waals surface area contributed by atoms with E-state index in [4.69, 9.17) is 4.74 Å². The topological polar surface area (TPSA) is 81.9 Å². The first-order valence-corrected chi connectivity index (χ1v) is 7.02. The monoisotopic (exact) mass is 291 g/mol. The van der Waals surface area contributed by atoms with Gasteiger partial charge in [-0.25, -0.2) is 9.97 Å². The van der Waals surface area contributed by atoms with Gasteiger partial charge in [0.25, 0.3) is 0 Å².